The number of nitrogens with zero attached hydrogens (tertiary/aromatic N) is 2. The average Bonchev–Trinajstić information content (AvgIpc) is 2.77. The molecule has 0 aliphatic carbocycles. The highest BCUT2D eigenvalue weighted by atomic mass is 16.4. The van der Waals surface area contributed by atoms with E-state index in [4.69, 9.17) is 10.8 Å². The van der Waals surface area contributed by atoms with Crippen LogP contribution >= 0.6 is 0 Å². The minimum absolute atomic E-state index is 0.0597. The number of aryl methyl sites for hydroxylation is 1. The Bertz CT molecular complexity index is 648. The van der Waals surface area contributed by atoms with Gasteiger partial charge in [0, 0.05) is 18.9 Å². The molecule has 0 unspecified atom stereocenters. The van der Waals surface area contributed by atoms with E-state index in [1.807, 2.05) is 0 Å². The quantitative estimate of drug-likeness (QED) is 0.712. The fourth-order valence-corrected chi connectivity index (χ4v) is 1.63. The third-order valence-corrected chi connectivity index (χ3v) is 2.58. The van der Waals surface area contributed by atoms with Crippen LogP contribution < -0.4 is 11.1 Å². The number of carboxylic acids is 1. The van der Waals surface area contributed by atoms with Gasteiger partial charge in [0.2, 0.25) is 0 Å². The molecule has 0 bridgehead atoms. The van der Waals surface area contributed by atoms with Crippen LogP contribution in [0.2, 0.25) is 0 Å². The lowest BCUT2D eigenvalue weighted by Crippen LogP contribution is -2.18. The zero-order valence-electron chi connectivity index (χ0n) is 10.1. The predicted octanol–water partition coefficient (Wildman–Crippen LogP) is 0.953. The molecule has 0 saturated heterocycles. The van der Waals surface area contributed by atoms with Crippen LogP contribution in [0.15, 0.2) is 30.5 Å². The molecule has 7 nitrogen and oxygen atoms in total. The van der Waals surface area contributed by atoms with Crippen molar-refractivity contribution in [1.29, 1.82) is 0 Å². The van der Waals surface area contributed by atoms with Gasteiger partial charge in [-0.15, -0.1) is 0 Å². The number of anilines is 2. The minimum atomic E-state index is -1.16. The van der Waals surface area contributed by atoms with Gasteiger partial charge in [-0.25, -0.2) is 4.79 Å². The zero-order chi connectivity index (χ0) is 14.0. The first-order chi connectivity index (χ1) is 8.99. The fraction of sp³-hybridized carbons (Fsp3) is 0.0833. The van der Waals surface area contributed by atoms with E-state index < -0.39 is 11.9 Å². The van der Waals surface area contributed by atoms with Crippen molar-refractivity contribution in [1.82, 2.24) is 9.78 Å². The summed E-state index contributed by atoms with van der Waals surface area (Å²) in [6, 6.07) is 5.80. The van der Waals surface area contributed by atoms with E-state index in [1.54, 1.807) is 7.05 Å². The van der Waals surface area contributed by atoms with Crippen LogP contribution in [0, 0.1) is 0 Å². The number of nitrogen functional groups attached to an aromatic ring is 1. The van der Waals surface area contributed by atoms with Gasteiger partial charge in [-0.1, -0.05) is 0 Å². The lowest BCUT2D eigenvalue weighted by molar-refractivity contribution is 0.0698. The van der Waals surface area contributed by atoms with Gasteiger partial charge in [0.15, 0.2) is 0 Å². The second kappa shape index (κ2) is 4.81. The monoisotopic (exact) mass is 260 g/mol. The van der Waals surface area contributed by atoms with E-state index in [9.17, 15) is 9.59 Å². The molecule has 1 aromatic carbocycles. The third-order valence-electron chi connectivity index (χ3n) is 2.58. The number of amides is 1. The van der Waals surface area contributed by atoms with Crippen molar-refractivity contribution in [2.45, 2.75) is 0 Å². The number of carboxylic acid groups (broad SMARTS) is 1. The van der Waals surface area contributed by atoms with E-state index in [0.29, 0.717) is 11.4 Å². The molecule has 0 saturated carbocycles. The highest BCUT2D eigenvalue weighted by molar-refractivity contribution is 6.07. The number of aromatic carboxylic acids is 1. The summed E-state index contributed by atoms with van der Waals surface area (Å²) >= 11 is 0. The van der Waals surface area contributed by atoms with Crippen LogP contribution in [0.1, 0.15) is 20.8 Å². The first kappa shape index (κ1) is 12.6. The highest BCUT2D eigenvalue weighted by Gasteiger charge is 2.15. The largest absolute Gasteiger partial charge is 0.478 e. The molecule has 1 aromatic heterocycles. The Morgan fingerprint density at radius 2 is 2.11 bits per heavy atom. The van der Waals surface area contributed by atoms with Crippen molar-refractivity contribution in [3.05, 3.63) is 41.7 Å². The van der Waals surface area contributed by atoms with Gasteiger partial charge in [0.1, 0.15) is 5.69 Å². The van der Waals surface area contributed by atoms with E-state index in [-0.39, 0.29) is 11.3 Å². The molecule has 0 fully saturated rings. The number of rotatable bonds is 3. The summed E-state index contributed by atoms with van der Waals surface area (Å²) in [5, 5.41) is 15.5. The average molecular weight is 260 g/mol. The number of carbonyl (C=O) groups is 2. The highest BCUT2D eigenvalue weighted by Crippen LogP contribution is 2.19. The topological polar surface area (TPSA) is 110 Å². The van der Waals surface area contributed by atoms with Gasteiger partial charge in [-0.3, -0.25) is 9.48 Å². The minimum Gasteiger partial charge on any atom is -0.478 e. The molecule has 0 atom stereocenters. The molecule has 4 N–H and O–H groups in total. The van der Waals surface area contributed by atoms with Crippen molar-refractivity contribution < 1.29 is 14.7 Å². The van der Waals surface area contributed by atoms with Gasteiger partial charge >= 0.3 is 5.97 Å². The van der Waals surface area contributed by atoms with Gasteiger partial charge in [0.05, 0.1) is 11.3 Å². The first-order valence-corrected chi connectivity index (χ1v) is 5.41. The molecule has 1 amide bonds. The Balaban J connectivity index is 2.32. The van der Waals surface area contributed by atoms with Crippen molar-refractivity contribution in [2.24, 2.45) is 7.05 Å². The number of nitrogens with one attached hydrogen (secondary N) is 1. The molecule has 1 heterocycles. The number of benzene rings is 1. The van der Waals surface area contributed by atoms with Crippen molar-refractivity contribution in [3.63, 3.8) is 0 Å². The Hall–Kier alpha value is -2.83. The second-order valence-electron chi connectivity index (χ2n) is 3.90. The van der Waals surface area contributed by atoms with Crippen LogP contribution in [0.5, 0.6) is 0 Å². The third kappa shape index (κ3) is 2.54. The summed E-state index contributed by atoms with van der Waals surface area (Å²) in [5.41, 5.74) is 6.30. The van der Waals surface area contributed by atoms with Crippen LogP contribution in [0.25, 0.3) is 0 Å². The normalized spacial score (nSPS) is 10.2. The van der Waals surface area contributed by atoms with Crippen LogP contribution in [0.4, 0.5) is 11.4 Å². The molecular weight excluding hydrogens is 248 g/mol. The Morgan fingerprint density at radius 1 is 1.37 bits per heavy atom. The predicted molar refractivity (Wildman–Crippen MR) is 69.0 cm³/mol. The van der Waals surface area contributed by atoms with Gasteiger partial charge in [-0.2, -0.15) is 5.10 Å². The second-order valence-corrected chi connectivity index (χ2v) is 3.90. The van der Waals surface area contributed by atoms with E-state index in [2.05, 4.69) is 10.4 Å². The van der Waals surface area contributed by atoms with Crippen LogP contribution in [-0.4, -0.2) is 26.8 Å². The van der Waals surface area contributed by atoms with Crippen molar-refractivity contribution >= 4 is 23.3 Å². The Labute approximate surface area is 108 Å². The molecule has 0 aliphatic rings. The van der Waals surface area contributed by atoms with Gasteiger partial charge in [0.25, 0.3) is 5.91 Å². The van der Waals surface area contributed by atoms with Gasteiger partial charge in [-0.05, 0) is 24.3 Å². The molecular formula is C12H12N4O3. The summed E-state index contributed by atoms with van der Waals surface area (Å²) in [7, 11) is 1.62. The molecule has 0 aliphatic heterocycles. The van der Waals surface area contributed by atoms with Crippen molar-refractivity contribution in [2.75, 3.05) is 11.1 Å². The first-order valence-electron chi connectivity index (χ1n) is 5.41. The standard InChI is InChI=1S/C12H12N4O3/c1-16-10(4-5-14-16)11(17)15-9-3-2-7(13)6-8(9)12(18)19/h2-6H,13H2,1H3,(H,15,17)(H,18,19). The Kier molecular flexibility index (Phi) is 3.19. The fourth-order valence-electron chi connectivity index (χ4n) is 1.63. The van der Waals surface area contributed by atoms with Gasteiger partial charge < -0.3 is 16.2 Å². The lowest BCUT2D eigenvalue weighted by Gasteiger charge is -2.09. The molecule has 0 spiro atoms. The van der Waals surface area contributed by atoms with Crippen molar-refractivity contribution in [3.8, 4) is 0 Å². The summed E-state index contributed by atoms with van der Waals surface area (Å²) in [6.07, 6.45) is 1.48. The zero-order valence-corrected chi connectivity index (χ0v) is 10.1. The SMILES string of the molecule is Cn1nccc1C(=O)Nc1ccc(N)cc1C(=O)O. The maximum Gasteiger partial charge on any atom is 0.337 e. The smallest absolute Gasteiger partial charge is 0.337 e. The number of aromatic nitrogens is 2. The number of carbonyl (C=O) groups excluding carboxylic acids is 1. The Morgan fingerprint density at radius 3 is 2.68 bits per heavy atom. The number of hydrogen-bond donors (Lipinski definition) is 3. The summed E-state index contributed by atoms with van der Waals surface area (Å²) in [4.78, 5) is 23.0. The van der Waals surface area contributed by atoms with Crippen LogP contribution in [-0.2, 0) is 7.05 Å². The summed E-state index contributed by atoms with van der Waals surface area (Å²) in [6.45, 7) is 0. The molecule has 98 valence electrons. The molecule has 7 heteroatoms. The number of nitrogens with two attached hydrogens (primary N) is 1. The van der Waals surface area contributed by atoms with E-state index >= 15 is 0 Å². The maximum atomic E-state index is 12.0. The lowest BCUT2D eigenvalue weighted by atomic mass is 10.1. The molecule has 19 heavy (non-hydrogen) atoms. The summed E-state index contributed by atoms with van der Waals surface area (Å²) in [5.74, 6) is -1.60. The van der Waals surface area contributed by atoms with E-state index in [0.717, 1.165) is 0 Å². The van der Waals surface area contributed by atoms with E-state index in [1.165, 1.54) is 35.1 Å². The van der Waals surface area contributed by atoms with Crippen LogP contribution in [0.3, 0.4) is 0 Å². The molecule has 0 radical (unpaired) electrons. The number of hydrogen-bond acceptors (Lipinski definition) is 4. The molecule has 2 aromatic rings. The molecule has 2 rings (SSSR count). The summed E-state index contributed by atoms with van der Waals surface area (Å²) < 4.78 is 1.40. The maximum absolute atomic E-state index is 12.0.